The molecule has 2 fully saturated rings. The number of hydrogen-bond acceptors (Lipinski definition) is 4. The zero-order chi connectivity index (χ0) is 17.5. The molecule has 5 heteroatoms. The van der Waals surface area contributed by atoms with Crippen molar-refractivity contribution >= 4 is 22.7 Å². The van der Waals surface area contributed by atoms with Gasteiger partial charge >= 0.3 is 0 Å². The third-order valence-electron chi connectivity index (χ3n) is 4.68. The SMILES string of the molecule is C=C(CN1CCCC1=O)NC(SC(=NC)C1CCCCC1)=C(C)C. The van der Waals surface area contributed by atoms with Crippen molar-refractivity contribution in [3.05, 3.63) is 22.9 Å². The molecular formula is C19H31N3OS. The Morgan fingerprint density at radius 2 is 2.00 bits per heavy atom. The summed E-state index contributed by atoms with van der Waals surface area (Å²) < 4.78 is 0. The van der Waals surface area contributed by atoms with Crippen LogP contribution in [0.15, 0.2) is 27.9 Å². The lowest BCUT2D eigenvalue weighted by molar-refractivity contribution is -0.127. The molecule has 24 heavy (non-hydrogen) atoms. The molecule has 134 valence electrons. The number of amides is 1. The lowest BCUT2D eigenvalue weighted by atomic mass is 9.90. The molecular weight excluding hydrogens is 318 g/mol. The Morgan fingerprint density at radius 1 is 1.29 bits per heavy atom. The van der Waals surface area contributed by atoms with Crippen LogP contribution in [-0.4, -0.2) is 36.0 Å². The van der Waals surface area contributed by atoms with Crippen molar-refractivity contribution in [2.45, 2.75) is 58.8 Å². The van der Waals surface area contributed by atoms with Gasteiger partial charge in [0.15, 0.2) is 0 Å². The van der Waals surface area contributed by atoms with Gasteiger partial charge < -0.3 is 10.2 Å². The topological polar surface area (TPSA) is 44.7 Å². The Bertz CT molecular complexity index is 529. The standard InChI is InChI=1S/C19H31N3OS/c1-14(2)18(21-15(3)13-22-12-8-11-17(22)23)24-19(20-4)16-9-6-5-7-10-16/h16,21H,3,5-13H2,1-2,4H3. The number of allylic oxidation sites excluding steroid dienone is 1. The lowest BCUT2D eigenvalue weighted by Gasteiger charge is -2.25. The maximum atomic E-state index is 11.8. The molecule has 2 rings (SSSR count). The van der Waals surface area contributed by atoms with Crippen molar-refractivity contribution in [3.63, 3.8) is 0 Å². The van der Waals surface area contributed by atoms with Gasteiger partial charge in [0.1, 0.15) is 0 Å². The predicted molar refractivity (Wildman–Crippen MR) is 104 cm³/mol. The van der Waals surface area contributed by atoms with E-state index in [0.717, 1.165) is 23.7 Å². The second kappa shape index (κ2) is 9.30. The summed E-state index contributed by atoms with van der Waals surface area (Å²) in [6, 6.07) is 0. The largest absolute Gasteiger partial charge is 0.352 e. The quantitative estimate of drug-likeness (QED) is 0.574. The van der Waals surface area contributed by atoms with Gasteiger partial charge in [-0.25, -0.2) is 0 Å². The molecule has 0 bridgehead atoms. The van der Waals surface area contributed by atoms with E-state index in [1.165, 1.54) is 42.7 Å². The maximum absolute atomic E-state index is 11.8. The zero-order valence-electron chi connectivity index (χ0n) is 15.4. The normalized spacial score (nSPS) is 19.5. The molecule has 0 aromatic carbocycles. The molecule has 1 aliphatic carbocycles. The number of thioether (sulfide) groups is 1. The highest BCUT2D eigenvalue weighted by Gasteiger charge is 2.23. The van der Waals surface area contributed by atoms with Crippen LogP contribution in [0.25, 0.3) is 0 Å². The van der Waals surface area contributed by atoms with Gasteiger partial charge in [-0.3, -0.25) is 9.79 Å². The summed E-state index contributed by atoms with van der Waals surface area (Å²) in [7, 11) is 1.90. The molecule has 1 aliphatic heterocycles. The van der Waals surface area contributed by atoms with E-state index in [-0.39, 0.29) is 5.91 Å². The van der Waals surface area contributed by atoms with Gasteiger partial charge in [-0.1, -0.05) is 37.6 Å². The second-order valence-electron chi connectivity index (χ2n) is 6.98. The molecule has 2 aliphatic rings. The number of hydrogen-bond donors (Lipinski definition) is 1. The van der Waals surface area contributed by atoms with Crippen molar-refractivity contribution in [2.24, 2.45) is 10.9 Å². The smallest absolute Gasteiger partial charge is 0.222 e. The predicted octanol–water partition coefficient (Wildman–Crippen LogP) is 4.31. The average molecular weight is 350 g/mol. The molecule has 1 saturated carbocycles. The lowest BCUT2D eigenvalue weighted by Crippen LogP contribution is -2.31. The molecule has 0 atom stereocenters. The molecule has 1 saturated heterocycles. The Kier molecular flexibility index (Phi) is 7.40. The number of carbonyl (C=O) groups excluding carboxylic acids is 1. The average Bonchev–Trinajstić information content (AvgIpc) is 2.96. The number of likely N-dealkylation sites (tertiary alicyclic amines) is 1. The minimum absolute atomic E-state index is 0.238. The minimum Gasteiger partial charge on any atom is -0.352 e. The molecule has 0 spiro atoms. The first-order chi connectivity index (χ1) is 11.5. The van der Waals surface area contributed by atoms with Crippen LogP contribution < -0.4 is 5.32 Å². The van der Waals surface area contributed by atoms with E-state index in [0.29, 0.717) is 18.9 Å². The van der Waals surface area contributed by atoms with Crippen LogP contribution in [0.1, 0.15) is 58.8 Å². The summed E-state index contributed by atoms with van der Waals surface area (Å²) in [6.45, 7) is 9.79. The highest BCUT2D eigenvalue weighted by molar-refractivity contribution is 8.17. The van der Waals surface area contributed by atoms with Crippen molar-refractivity contribution < 1.29 is 4.79 Å². The Morgan fingerprint density at radius 3 is 2.54 bits per heavy atom. The van der Waals surface area contributed by atoms with Crippen molar-refractivity contribution in [1.82, 2.24) is 10.2 Å². The Balaban J connectivity index is 1.95. The fourth-order valence-corrected chi connectivity index (χ4v) is 4.42. The number of nitrogens with one attached hydrogen (secondary N) is 1. The van der Waals surface area contributed by atoms with Crippen LogP contribution in [0, 0.1) is 5.92 Å². The van der Waals surface area contributed by atoms with E-state index >= 15 is 0 Å². The number of rotatable bonds is 6. The third kappa shape index (κ3) is 5.40. The molecule has 4 nitrogen and oxygen atoms in total. The molecule has 1 heterocycles. The Hall–Kier alpha value is -1.23. The monoisotopic (exact) mass is 349 g/mol. The zero-order valence-corrected chi connectivity index (χ0v) is 16.2. The molecule has 0 radical (unpaired) electrons. The summed E-state index contributed by atoms with van der Waals surface area (Å²) in [5.41, 5.74) is 2.11. The fraction of sp³-hybridized carbons (Fsp3) is 0.684. The van der Waals surface area contributed by atoms with Crippen LogP contribution in [-0.2, 0) is 4.79 Å². The number of nitrogens with zero attached hydrogens (tertiary/aromatic N) is 2. The van der Waals surface area contributed by atoms with Gasteiger partial charge in [0.25, 0.3) is 0 Å². The van der Waals surface area contributed by atoms with Crippen molar-refractivity contribution in [2.75, 3.05) is 20.1 Å². The van der Waals surface area contributed by atoms with Crippen LogP contribution in [0.4, 0.5) is 0 Å². The number of carbonyl (C=O) groups is 1. The number of aliphatic imine (C=N–C) groups is 1. The van der Waals surface area contributed by atoms with E-state index in [4.69, 9.17) is 0 Å². The highest BCUT2D eigenvalue weighted by Crippen LogP contribution is 2.32. The van der Waals surface area contributed by atoms with Crippen molar-refractivity contribution in [3.8, 4) is 0 Å². The van der Waals surface area contributed by atoms with E-state index in [9.17, 15) is 4.79 Å². The van der Waals surface area contributed by atoms with Crippen LogP contribution in [0.3, 0.4) is 0 Å². The third-order valence-corrected chi connectivity index (χ3v) is 6.12. The summed E-state index contributed by atoms with van der Waals surface area (Å²) in [6.07, 6.45) is 8.11. The van der Waals surface area contributed by atoms with E-state index < -0.39 is 0 Å². The summed E-state index contributed by atoms with van der Waals surface area (Å²) in [5, 5.41) is 5.78. The molecule has 1 amide bonds. The molecule has 0 unspecified atom stereocenters. The second-order valence-corrected chi connectivity index (χ2v) is 8.01. The van der Waals surface area contributed by atoms with Gasteiger partial charge in [0.05, 0.1) is 16.6 Å². The first-order valence-corrected chi connectivity index (χ1v) is 9.87. The molecule has 1 N–H and O–H groups in total. The Labute approximate surface area is 150 Å². The molecule has 0 aromatic rings. The van der Waals surface area contributed by atoms with E-state index in [2.05, 4.69) is 30.7 Å². The fourth-order valence-electron chi connectivity index (χ4n) is 3.32. The van der Waals surface area contributed by atoms with Gasteiger partial charge in [0, 0.05) is 31.6 Å². The van der Waals surface area contributed by atoms with Crippen molar-refractivity contribution in [1.29, 1.82) is 0 Å². The van der Waals surface area contributed by atoms with Gasteiger partial charge in [-0.05, 0) is 38.7 Å². The summed E-state index contributed by atoms with van der Waals surface area (Å²) in [5.74, 6) is 0.834. The first-order valence-electron chi connectivity index (χ1n) is 9.06. The summed E-state index contributed by atoms with van der Waals surface area (Å²) >= 11 is 1.75. The van der Waals surface area contributed by atoms with Gasteiger partial charge in [0.2, 0.25) is 5.91 Å². The minimum atomic E-state index is 0.238. The van der Waals surface area contributed by atoms with Crippen LogP contribution in [0.5, 0.6) is 0 Å². The maximum Gasteiger partial charge on any atom is 0.222 e. The van der Waals surface area contributed by atoms with Crippen LogP contribution >= 0.6 is 11.8 Å². The highest BCUT2D eigenvalue weighted by atomic mass is 32.2. The van der Waals surface area contributed by atoms with E-state index in [1.54, 1.807) is 11.8 Å². The summed E-state index contributed by atoms with van der Waals surface area (Å²) in [4.78, 5) is 18.2. The van der Waals surface area contributed by atoms with E-state index in [1.807, 2.05) is 11.9 Å². The van der Waals surface area contributed by atoms with Crippen LogP contribution in [0.2, 0.25) is 0 Å². The molecule has 0 aromatic heterocycles. The van der Waals surface area contributed by atoms with Gasteiger partial charge in [-0.15, -0.1) is 0 Å². The van der Waals surface area contributed by atoms with Gasteiger partial charge in [-0.2, -0.15) is 0 Å². The first kappa shape index (κ1) is 19.1.